The maximum atomic E-state index is 12.6. The van der Waals surface area contributed by atoms with Gasteiger partial charge < -0.3 is 5.11 Å². The quantitative estimate of drug-likeness (QED) is 0.747. The van der Waals surface area contributed by atoms with Crippen LogP contribution in [0.4, 0.5) is 13.2 Å². The molecule has 0 unspecified atom stereocenters. The van der Waals surface area contributed by atoms with Gasteiger partial charge in [-0.15, -0.1) is 11.3 Å². The lowest BCUT2D eigenvalue weighted by atomic mass is 10.3. The predicted octanol–water partition coefficient (Wildman–Crippen LogP) is 3.27. The second kappa shape index (κ2) is 3.70. The van der Waals surface area contributed by atoms with Crippen molar-refractivity contribution in [1.29, 1.82) is 0 Å². The fourth-order valence-electron chi connectivity index (χ4n) is 1.78. The summed E-state index contributed by atoms with van der Waals surface area (Å²) in [4.78, 5) is 15.4. The summed E-state index contributed by atoms with van der Waals surface area (Å²) < 4.78 is 39.1. The van der Waals surface area contributed by atoms with Crippen molar-refractivity contribution in [3.05, 3.63) is 34.8 Å². The van der Waals surface area contributed by atoms with Gasteiger partial charge in [0.15, 0.2) is 0 Å². The van der Waals surface area contributed by atoms with Crippen LogP contribution in [0.5, 0.6) is 0 Å². The van der Waals surface area contributed by atoms with Gasteiger partial charge in [-0.2, -0.15) is 13.2 Å². The number of nitrogens with zero attached hydrogens (tertiary/aromatic N) is 2. The van der Waals surface area contributed by atoms with Crippen molar-refractivity contribution < 1.29 is 23.1 Å². The number of fused-ring (bicyclic) bond motifs is 3. The number of carboxylic acids is 1. The number of carbonyl (C=O) groups is 1. The van der Waals surface area contributed by atoms with E-state index in [0.717, 1.165) is 23.6 Å². The van der Waals surface area contributed by atoms with Crippen LogP contribution in [0.2, 0.25) is 0 Å². The molecule has 0 saturated carbocycles. The summed E-state index contributed by atoms with van der Waals surface area (Å²) in [5.74, 6) is -1.12. The molecule has 1 N–H and O–H groups in total. The van der Waals surface area contributed by atoms with Crippen molar-refractivity contribution in [2.75, 3.05) is 0 Å². The molecule has 4 nitrogen and oxygen atoms in total. The predicted molar refractivity (Wildman–Crippen MR) is 62.5 cm³/mol. The van der Waals surface area contributed by atoms with Gasteiger partial charge in [-0.3, -0.25) is 4.40 Å². The minimum Gasteiger partial charge on any atom is -0.477 e. The van der Waals surface area contributed by atoms with Crippen LogP contribution in [0, 0.1) is 0 Å². The summed E-state index contributed by atoms with van der Waals surface area (Å²) in [5, 5.41) is 8.85. The van der Waals surface area contributed by atoms with E-state index in [1.54, 1.807) is 0 Å². The van der Waals surface area contributed by atoms with Crippen molar-refractivity contribution >= 4 is 33.3 Å². The smallest absolute Gasteiger partial charge is 0.417 e. The number of hydrogen-bond donors (Lipinski definition) is 1. The minimum absolute atomic E-state index is 0.0457. The number of rotatable bonds is 1. The van der Waals surface area contributed by atoms with Crippen molar-refractivity contribution in [1.82, 2.24) is 9.38 Å². The number of thiophene rings is 1. The molecule has 3 aromatic rings. The lowest BCUT2D eigenvalue weighted by Gasteiger charge is -2.06. The average molecular weight is 286 g/mol. The Morgan fingerprint density at radius 1 is 1.37 bits per heavy atom. The van der Waals surface area contributed by atoms with E-state index >= 15 is 0 Å². The average Bonchev–Trinajstić information content (AvgIpc) is 2.83. The molecule has 0 saturated heterocycles. The van der Waals surface area contributed by atoms with Gasteiger partial charge in [-0.25, -0.2) is 9.78 Å². The first-order chi connectivity index (χ1) is 8.86. The molecular formula is C11H5F3N2O2S. The summed E-state index contributed by atoms with van der Waals surface area (Å²) in [6.45, 7) is 0. The zero-order valence-electron chi connectivity index (χ0n) is 9.10. The summed E-state index contributed by atoms with van der Waals surface area (Å²) in [6.07, 6.45) is -3.53. The van der Waals surface area contributed by atoms with Gasteiger partial charge in [0.25, 0.3) is 0 Å². The highest BCUT2D eigenvalue weighted by molar-refractivity contribution is 7.20. The molecular weight excluding hydrogens is 281 g/mol. The zero-order valence-corrected chi connectivity index (χ0v) is 9.92. The van der Waals surface area contributed by atoms with Gasteiger partial charge in [0, 0.05) is 6.20 Å². The number of alkyl halides is 3. The zero-order chi connectivity index (χ0) is 13.8. The maximum Gasteiger partial charge on any atom is 0.417 e. The van der Waals surface area contributed by atoms with E-state index in [0.29, 0.717) is 16.0 Å². The van der Waals surface area contributed by atoms with E-state index in [1.165, 1.54) is 16.5 Å². The Morgan fingerprint density at radius 3 is 2.74 bits per heavy atom. The van der Waals surface area contributed by atoms with Crippen LogP contribution in [-0.4, -0.2) is 20.5 Å². The lowest BCUT2D eigenvalue weighted by molar-refractivity contribution is -0.137. The normalized spacial score (nSPS) is 12.4. The number of imidazole rings is 1. The third-order valence-corrected chi connectivity index (χ3v) is 3.64. The van der Waals surface area contributed by atoms with E-state index in [2.05, 4.69) is 4.98 Å². The fraction of sp³-hybridized carbons (Fsp3) is 0.0909. The monoisotopic (exact) mass is 286 g/mol. The second-order valence-corrected chi connectivity index (χ2v) is 4.89. The van der Waals surface area contributed by atoms with Crippen LogP contribution < -0.4 is 0 Å². The van der Waals surface area contributed by atoms with Gasteiger partial charge in [-0.1, -0.05) is 0 Å². The fourth-order valence-corrected chi connectivity index (χ4v) is 2.65. The van der Waals surface area contributed by atoms with Crippen LogP contribution >= 0.6 is 11.3 Å². The van der Waals surface area contributed by atoms with Crippen molar-refractivity contribution in [2.24, 2.45) is 0 Å². The number of aromatic nitrogens is 2. The number of aromatic carboxylic acids is 1. The van der Waals surface area contributed by atoms with E-state index in [4.69, 9.17) is 5.11 Å². The summed E-state index contributed by atoms with van der Waals surface area (Å²) in [7, 11) is 0. The topological polar surface area (TPSA) is 54.6 Å². The molecule has 3 rings (SSSR count). The molecule has 0 aromatic carbocycles. The Hall–Kier alpha value is -2.09. The third kappa shape index (κ3) is 1.84. The highest BCUT2D eigenvalue weighted by Crippen LogP contribution is 2.32. The first kappa shape index (κ1) is 12.0. The van der Waals surface area contributed by atoms with Crippen LogP contribution in [0.1, 0.15) is 15.2 Å². The third-order valence-electron chi connectivity index (χ3n) is 2.63. The van der Waals surface area contributed by atoms with E-state index in [9.17, 15) is 18.0 Å². The Bertz CT molecular complexity index is 803. The Balaban J connectivity index is 2.30. The van der Waals surface area contributed by atoms with Crippen molar-refractivity contribution in [3.63, 3.8) is 0 Å². The van der Waals surface area contributed by atoms with Crippen LogP contribution in [0.15, 0.2) is 24.4 Å². The van der Waals surface area contributed by atoms with E-state index in [1.807, 2.05) is 0 Å². The molecule has 19 heavy (non-hydrogen) atoms. The van der Waals surface area contributed by atoms with Gasteiger partial charge in [0.1, 0.15) is 15.4 Å². The molecule has 98 valence electrons. The van der Waals surface area contributed by atoms with Crippen LogP contribution in [0.3, 0.4) is 0 Å². The molecule has 0 aliphatic heterocycles. The molecule has 3 heterocycles. The standard InChI is InChI=1S/C11H5F3N2O2S/c12-11(13,14)5-1-2-8-15-9-6(16(8)4-5)3-7(19-9)10(17)18/h1-4H,(H,17,18). The molecule has 0 aliphatic rings. The minimum atomic E-state index is -4.45. The lowest BCUT2D eigenvalue weighted by Crippen LogP contribution is -2.06. The second-order valence-electron chi connectivity index (χ2n) is 3.86. The van der Waals surface area contributed by atoms with Gasteiger partial charge >= 0.3 is 12.1 Å². The molecule has 0 bridgehead atoms. The van der Waals surface area contributed by atoms with Gasteiger partial charge in [0.2, 0.25) is 0 Å². The Kier molecular flexibility index (Phi) is 2.33. The molecule has 0 aliphatic carbocycles. The number of halogens is 3. The SMILES string of the molecule is O=C(O)c1cc2c(nc3ccc(C(F)(F)F)cn32)s1. The van der Waals surface area contributed by atoms with Crippen LogP contribution in [0.25, 0.3) is 16.0 Å². The largest absolute Gasteiger partial charge is 0.477 e. The highest BCUT2D eigenvalue weighted by atomic mass is 32.1. The molecule has 0 spiro atoms. The highest BCUT2D eigenvalue weighted by Gasteiger charge is 2.31. The summed E-state index contributed by atoms with van der Waals surface area (Å²) in [5.41, 5.74) is -0.0861. The molecule has 0 radical (unpaired) electrons. The molecule has 0 atom stereocenters. The molecule has 0 amide bonds. The molecule has 8 heteroatoms. The summed E-state index contributed by atoms with van der Waals surface area (Å²) >= 11 is 0.932. The molecule has 3 aromatic heterocycles. The molecule has 0 fully saturated rings. The van der Waals surface area contributed by atoms with Crippen molar-refractivity contribution in [2.45, 2.75) is 6.18 Å². The van der Waals surface area contributed by atoms with Crippen LogP contribution in [-0.2, 0) is 6.18 Å². The number of pyridine rings is 1. The van der Waals surface area contributed by atoms with E-state index in [-0.39, 0.29) is 4.88 Å². The maximum absolute atomic E-state index is 12.6. The van der Waals surface area contributed by atoms with Gasteiger partial charge in [0.05, 0.1) is 11.1 Å². The Morgan fingerprint density at radius 2 is 2.11 bits per heavy atom. The summed E-state index contributed by atoms with van der Waals surface area (Å²) in [6, 6.07) is 3.53. The number of carboxylic acid groups (broad SMARTS) is 1. The van der Waals surface area contributed by atoms with Gasteiger partial charge in [-0.05, 0) is 18.2 Å². The number of hydrogen-bond acceptors (Lipinski definition) is 3. The van der Waals surface area contributed by atoms with Crippen molar-refractivity contribution in [3.8, 4) is 0 Å². The van der Waals surface area contributed by atoms with E-state index < -0.39 is 17.7 Å². The first-order valence-corrected chi connectivity index (χ1v) is 5.90. The Labute approximate surface area is 107 Å². The first-order valence-electron chi connectivity index (χ1n) is 5.08.